The summed E-state index contributed by atoms with van der Waals surface area (Å²) >= 11 is 0. The first-order valence-corrected chi connectivity index (χ1v) is 8.44. The number of carbonyl (C=O) groups is 1. The van der Waals surface area contributed by atoms with Crippen molar-refractivity contribution in [3.63, 3.8) is 0 Å². The Morgan fingerprint density at radius 1 is 1.17 bits per heavy atom. The van der Waals surface area contributed by atoms with Gasteiger partial charge in [-0.25, -0.2) is 0 Å². The van der Waals surface area contributed by atoms with Gasteiger partial charge in [0.2, 0.25) is 0 Å². The zero-order chi connectivity index (χ0) is 16.4. The summed E-state index contributed by atoms with van der Waals surface area (Å²) in [6.45, 7) is 1.19. The molecule has 0 bridgehead atoms. The fraction of sp³-hybridized carbons (Fsp3) is 0.267. The molecule has 2 aromatic carbocycles. The van der Waals surface area contributed by atoms with E-state index in [0.717, 1.165) is 10.8 Å². The van der Waals surface area contributed by atoms with Gasteiger partial charge in [-0.15, -0.1) is 0 Å². The lowest BCUT2D eigenvalue weighted by molar-refractivity contribution is -0.131. The molecule has 0 aromatic heterocycles. The van der Waals surface area contributed by atoms with Gasteiger partial charge in [0.05, 0.1) is 6.61 Å². The van der Waals surface area contributed by atoms with E-state index in [-0.39, 0.29) is 11.9 Å². The summed E-state index contributed by atoms with van der Waals surface area (Å²) in [6, 6.07) is 10.4. The molecule has 23 heavy (non-hydrogen) atoms. The summed E-state index contributed by atoms with van der Waals surface area (Å²) in [6.07, 6.45) is 0.151. The molecular formula is C15H14O7S. The van der Waals surface area contributed by atoms with Gasteiger partial charge in [-0.1, -0.05) is 12.1 Å². The first-order chi connectivity index (χ1) is 10.9. The largest absolute Gasteiger partial charge is 0.491 e. The van der Waals surface area contributed by atoms with Crippen molar-refractivity contribution in [2.24, 2.45) is 0 Å². The molecule has 0 spiro atoms. The molecule has 1 aliphatic heterocycles. The minimum atomic E-state index is -4.41. The standard InChI is InChI=1S/C15H14O7S/c16-15(9-23(17,18)19)22-13-4-2-10-1-3-12(5-11(10)6-13)20-7-14-8-21-14/h1-6,14H,7-9H2,(H,17,18,19). The summed E-state index contributed by atoms with van der Waals surface area (Å²) in [4.78, 5) is 11.4. The molecule has 7 nitrogen and oxygen atoms in total. The van der Waals surface area contributed by atoms with Crippen LogP contribution in [0, 0.1) is 0 Å². The van der Waals surface area contributed by atoms with Crippen molar-refractivity contribution in [2.75, 3.05) is 19.0 Å². The quantitative estimate of drug-likeness (QED) is 0.368. The highest BCUT2D eigenvalue weighted by molar-refractivity contribution is 7.86. The van der Waals surface area contributed by atoms with Crippen molar-refractivity contribution < 1.29 is 32.0 Å². The Balaban J connectivity index is 1.74. The molecule has 0 amide bonds. The number of rotatable bonds is 6. The van der Waals surface area contributed by atoms with E-state index < -0.39 is 21.8 Å². The van der Waals surface area contributed by atoms with Crippen LogP contribution in [0.4, 0.5) is 0 Å². The fourth-order valence-electron chi connectivity index (χ4n) is 2.02. The van der Waals surface area contributed by atoms with Crippen molar-refractivity contribution in [1.82, 2.24) is 0 Å². The van der Waals surface area contributed by atoms with Crippen LogP contribution in [0.1, 0.15) is 0 Å². The maximum Gasteiger partial charge on any atom is 0.329 e. The highest BCUT2D eigenvalue weighted by Crippen LogP contribution is 2.26. The molecule has 1 unspecified atom stereocenters. The average molecular weight is 338 g/mol. The van der Waals surface area contributed by atoms with Crippen LogP contribution < -0.4 is 9.47 Å². The monoisotopic (exact) mass is 338 g/mol. The molecule has 0 radical (unpaired) electrons. The second kappa shape index (κ2) is 6.15. The van der Waals surface area contributed by atoms with E-state index >= 15 is 0 Å². The Labute approximate surface area is 132 Å². The summed E-state index contributed by atoms with van der Waals surface area (Å²) in [5, 5.41) is 1.69. The van der Waals surface area contributed by atoms with Crippen molar-refractivity contribution in [2.45, 2.75) is 6.10 Å². The van der Waals surface area contributed by atoms with Crippen LogP contribution in [0.25, 0.3) is 10.8 Å². The second-order valence-corrected chi connectivity index (χ2v) is 6.59. The fourth-order valence-corrected chi connectivity index (χ4v) is 2.38. The molecule has 0 saturated carbocycles. The van der Waals surface area contributed by atoms with E-state index in [1.807, 2.05) is 12.1 Å². The molecule has 1 fully saturated rings. The summed E-state index contributed by atoms with van der Waals surface area (Å²) < 4.78 is 45.5. The molecule has 1 heterocycles. The maximum atomic E-state index is 11.4. The Morgan fingerprint density at radius 3 is 2.48 bits per heavy atom. The van der Waals surface area contributed by atoms with Crippen LogP contribution in [0.15, 0.2) is 36.4 Å². The van der Waals surface area contributed by atoms with Crippen LogP contribution >= 0.6 is 0 Å². The van der Waals surface area contributed by atoms with E-state index in [4.69, 9.17) is 18.8 Å². The smallest absolute Gasteiger partial charge is 0.329 e. The molecule has 122 valence electrons. The molecule has 2 aromatic rings. The van der Waals surface area contributed by atoms with Crippen LogP contribution in [0.5, 0.6) is 11.5 Å². The van der Waals surface area contributed by atoms with Gasteiger partial charge in [0.15, 0.2) is 5.75 Å². The maximum absolute atomic E-state index is 11.4. The average Bonchev–Trinajstić information content (AvgIpc) is 3.26. The zero-order valence-electron chi connectivity index (χ0n) is 12.0. The lowest BCUT2D eigenvalue weighted by atomic mass is 10.1. The Bertz CT molecular complexity index is 840. The Morgan fingerprint density at radius 2 is 1.83 bits per heavy atom. The number of benzene rings is 2. The van der Waals surface area contributed by atoms with Gasteiger partial charge in [-0.2, -0.15) is 8.42 Å². The van der Waals surface area contributed by atoms with Gasteiger partial charge in [0.1, 0.15) is 24.2 Å². The summed E-state index contributed by atoms with van der Waals surface area (Å²) in [7, 11) is -4.41. The SMILES string of the molecule is O=C(CS(=O)(=O)O)Oc1ccc2ccc(OCC3CO3)cc2c1. The van der Waals surface area contributed by atoms with E-state index in [0.29, 0.717) is 19.0 Å². The van der Waals surface area contributed by atoms with E-state index in [9.17, 15) is 13.2 Å². The number of epoxide rings is 1. The van der Waals surface area contributed by atoms with E-state index in [2.05, 4.69) is 0 Å². The number of hydrogen-bond acceptors (Lipinski definition) is 6. The van der Waals surface area contributed by atoms with Gasteiger partial charge in [-0.05, 0) is 35.0 Å². The summed E-state index contributed by atoms with van der Waals surface area (Å²) in [5.74, 6) is -1.29. The van der Waals surface area contributed by atoms with Gasteiger partial charge in [-0.3, -0.25) is 9.35 Å². The first-order valence-electron chi connectivity index (χ1n) is 6.83. The molecule has 3 rings (SSSR count). The molecule has 1 atom stereocenters. The predicted octanol–water partition coefficient (Wildman–Crippen LogP) is 1.41. The van der Waals surface area contributed by atoms with E-state index in [1.165, 1.54) is 0 Å². The highest BCUT2D eigenvalue weighted by atomic mass is 32.2. The lowest BCUT2D eigenvalue weighted by Gasteiger charge is -2.08. The minimum absolute atomic E-state index is 0.151. The Hall–Kier alpha value is -2.16. The van der Waals surface area contributed by atoms with Crippen LogP contribution in [0.2, 0.25) is 0 Å². The van der Waals surface area contributed by atoms with Crippen LogP contribution in [0.3, 0.4) is 0 Å². The van der Waals surface area contributed by atoms with Gasteiger partial charge < -0.3 is 14.2 Å². The van der Waals surface area contributed by atoms with Crippen LogP contribution in [-0.2, 0) is 19.6 Å². The zero-order valence-corrected chi connectivity index (χ0v) is 12.8. The van der Waals surface area contributed by atoms with Crippen molar-refractivity contribution in [3.05, 3.63) is 36.4 Å². The minimum Gasteiger partial charge on any atom is -0.491 e. The van der Waals surface area contributed by atoms with Gasteiger partial charge >= 0.3 is 5.97 Å². The van der Waals surface area contributed by atoms with Crippen molar-refractivity contribution >= 4 is 26.9 Å². The summed E-state index contributed by atoms with van der Waals surface area (Å²) in [5.41, 5.74) is 0. The third-order valence-electron chi connectivity index (χ3n) is 3.15. The third kappa shape index (κ3) is 4.65. The number of fused-ring (bicyclic) bond motifs is 1. The number of carbonyl (C=O) groups excluding carboxylic acids is 1. The number of esters is 1. The molecule has 1 saturated heterocycles. The van der Waals surface area contributed by atoms with Crippen molar-refractivity contribution in [1.29, 1.82) is 0 Å². The first kappa shape index (κ1) is 15.7. The van der Waals surface area contributed by atoms with E-state index in [1.54, 1.807) is 24.3 Å². The molecule has 1 N–H and O–H groups in total. The molecule has 0 aliphatic carbocycles. The molecule has 1 aliphatic rings. The topological polar surface area (TPSA) is 102 Å². The van der Waals surface area contributed by atoms with Gasteiger partial charge in [0.25, 0.3) is 10.1 Å². The second-order valence-electron chi connectivity index (χ2n) is 5.14. The lowest BCUT2D eigenvalue weighted by Crippen LogP contribution is -2.20. The predicted molar refractivity (Wildman–Crippen MR) is 81.2 cm³/mol. The molecule has 8 heteroatoms. The number of hydrogen-bond donors (Lipinski definition) is 1. The molecular weight excluding hydrogens is 324 g/mol. The van der Waals surface area contributed by atoms with Gasteiger partial charge in [0, 0.05) is 0 Å². The normalized spacial score (nSPS) is 17.0. The highest BCUT2D eigenvalue weighted by Gasteiger charge is 2.23. The third-order valence-corrected chi connectivity index (χ3v) is 3.75. The van der Waals surface area contributed by atoms with Crippen LogP contribution in [-0.4, -0.2) is 44.0 Å². The van der Waals surface area contributed by atoms with Crippen molar-refractivity contribution in [3.8, 4) is 11.5 Å². The Kier molecular flexibility index (Phi) is 4.20. The number of ether oxygens (including phenoxy) is 3.